The fourth-order valence-electron chi connectivity index (χ4n) is 4.93. The Morgan fingerprint density at radius 3 is 2.56 bits per heavy atom. The lowest BCUT2D eigenvalue weighted by molar-refractivity contribution is -0.131. The van der Waals surface area contributed by atoms with E-state index in [1.807, 2.05) is 0 Å². The van der Waals surface area contributed by atoms with Crippen LogP contribution in [0.5, 0.6) is 0 Å². The predicted octanol–water partition coefficient (Wildman–Crippen LogP) is 4.51. The van der Waals surface area contributed by atoms with Crippen LogP contribution in [0.25, 0.3) is 11.0 Å². The Balaban J connectivity index is 1.56. The fraction of sp³-hybridized carbons (Fsp3) is 0.577. The maximum Gasteiger partial charge on any atom is 0.345 e. The topological polar surface area (TPSA) is 127 Å². The number of H-pyrrole nitrogens is 1. The van der Waals surface area contributed by atoms with E-state index in [0.29, 0.717) is 16.6 Å². The second kappa shape index (κ2) is 13.7. The number of aromatic amines is 1. The summed E-state index contributed by atoms with van der Waals surface area (Å²) in [5, 5.41) is 12.4. The first-order chi connectivity index (χ1) is 20.4. The average molecular weight is 622 g/mol. The molecular weight excluding hydrogens is 591 g/mol. The molecule has 4 rings (SSSR count). The molecule has 0 saturated heterocycles. The van der Waals surface area contributed by atoms with Gasteiger partial charge in [-0.15, -0.1) is 5.10 Å². The molecule has 236 valence electrons. The van der Waals surface area contributed by atoms with Gasteiger partial charge in [-0.2, -0.15) is 8.78 Å². The number of carbonyl (C=O) groups is 2. The second-order valence-corrected chi connectivity index (χ2v) is 10.3. The molecule has 2 aromatic heterocycles. The van der Waals surface area contributed by atoms with E-state index in [0.717, 1.165) is 10.9 Å². The van der Waals surface area contributed by atoms with Crippen molar-refractivity contribution in [3.8, 4) is 0 Å². The molecule has 2 amide bonds. The monoisotopic (exact) mass is 621 g/mol. The number of nitrogens with one attached hydrogen (secondary N) is 3. The van der Waals surface area contributed by atoms with Gasteiger partial charge in [0.2, 0.25) is 12.1 Å². The highest BCUT2D eigenvalue weighted by molar-refractivity contribution is 5.92. The number of imidazole rings is 1. The molecule has 2 heterocycles. The zero-order chi connectivity index (χ0) is 31.3. The minimum Gasteiger partial charge on any atom is -0.347 e. The Bertz CT molecular complexity index is 1390. The third-order valence-corrected chi connectivity index (χ3v) is 7.31. The quantitative estimate of drug-likeness (QED) is 0.241. The molecule has 3 aromatic rings. The average Bonchev–Trinajstić information content (AvgIpc) is 3.61. The van der Waals surface area contributed by atoms with Gasteiger partial charge in [-0.3, -0.25) is 9.59 Å². The SMILES string of the molecule is C[C@@H](NC(=O)C(F)C(F)CF)c1ccc2nc([C@@H](NC(=O)c3cnnn3CCOC(F)F)C3CCC(F)(F)CC3)[nH]c2c1. The van der Waals surface area contributed by atoms with Gasteiger partial charge in [0.1, 0.15) is 18.2 Å². The summed E-state index contributed by atoms with van der Waals surface area (Å²) in [6.45, 7) is -3.77. The summed E-state index contributed by atoms with van der Waals surface area (Å²) in [5.41, 5.74) is 1.27. The van der Waals surface area contributed by atoms with Crippen molar-refractivity contribution in [3.63, 3.8) is 0 Å². The smallest absolute Gasteiger partial charge is 0.345 e. The number of ether oxygens (including phenoxy) is 1. The highest BCUT2D eigenvalue weighted by Gasteiger charge is 2.40. The molecule has 1 aliphatic carbocycles. The van der Waals surface area contributed by atoms with Gasteiger partial charge in [0.25, 0.3) is 11.8 Å². The number of rotatable bonds is 13. The Morgan fingerprint density at radius 1 is 1.16 bits per heavy atom. The summed E-state index contributed by atoms with van der Waals surface area (Å²) in [4.78, 5) is 32.8. The number of aromatic nitrogens is 5. The summed E-state index contributed by atoms with van der Waals surface area (Å²) >= 11 is 0. The van der Waals surface area contributed by atoms with E-state index in [1.165, 1.54) is 6.92 Å². The maximum absolute atomic E-state index is 14.0. The molecule has 0 aliphatic heterocycles. The van der Waals surface area contributed by atoms with Crippen LogP contribution < -0.4 is 10.6 Å². The first-order valence-electron chi connectivity index (χ1n) is 13.5. The number of hydrogen-bond donors (Lipinski definition) is 3. The summed E-state index contributed by atoms with van der Waals surface area (Å²) in [6, 6.07) is 3.07. The van der Waals surface area contributed by atoms with Gasteiger partial charge in [0.15, 0.2) is 6.17 Å². The van der Waals surface area contributed by atoms with E-state index < -0.39 is 80.8 Å². The Labute approximate surface area is 240 Å². The molecule has 1 fully saturated rings. The number of amides is 2. The number of nitrogens with zero attached hydrogens (tertiary/aromatic N) is 4. The van der Waals surface area contributed by atoms with Gasteiger partial charge < -0.3 is 20.4 Å². The van der Waals surface area contributed by atoms with Crippen molar-refractivity contribution in [2.45, 2.75) is 76.1 Å². The number of carbonyl (C=O) groups excluding carboxylic acids is 2. The third kappa shape index (κ3) is 8.00. The van der Waals surface area contributed by atoms with Crippen LogP contribution in [0.15, 0.2) is 24.4 Å². The van der Waals surface area contributed by atoms with E-state index in [1.54, 1.807) is 18.2 Å². The largest absolute Gasteiger partial charge is 0.347 e. The Kier molecular flexibility index (Phi) is 10.2. The Hall–Kier alpha value is -3.76. The van der Waals surface area contributed by atoms with Gasteiger partial charge in [0, 0.05) is 12.8 Å². The number of benzene rings is 1. The summed E-state index contributed by atoms with van der Waals surface area (Å²) < 4.78 is 97.4. The number of fused-ring (bicyclic) bond motifs is 1. The molecule has 4 atom stereocenters. The molecule has 3 N–H and O–H groups in total. The zero-order valence-electron chi connectivity index (χ0n) is 22.9. The van der Waals surface area contributed by atoms with E-state index in [4.69, 9.17) is 0 Å². The van der Waals surface area contributed by atoms with Crippen LogP contribution in [-0.4, -0.2) is 74.9 Å². The van der Waals surface area contributed by atoms with Crippen LogP contribution in [-0.2, 0) is 16.1 Å². The Morgan fingerprint density at radius 2 is 1.88 bits per heavy atom. The van der Waals surface area contributed by atoms with Crippen LogP contribution in [0.1, 0.15) is 66.6 Å². The number of halogens is 7. The normalized spacial score (nSPS) is 18.3. The van der Waals surface area contributed by atoms with Crippen molar-refractivity contribution in [2.24, 2.45) is 5.92 Å². The predicted molar refractivity (Wildman–Crippen MR) is 138 cm³/mol. The van der Waals surface area contributed by atoms with Crippen molar-refractivity contribution in [1.82, 2.24) is 35.6 Å². The molecule has 0 spiro atoms. The molecule has 1 saturated carbocycles. The van der Waals surface area contributed by atoms with Crippen LogP contribution in [0.2, 0.25) is 0 Å². The summed E-state index contributed by atoms with van der Waals surface area (Å²) in [6.07, 6.45) is -4.78. The molecule has 0 bridgehead atoms. The minimum absolute atomic E-state index is 0.0681. The van der Waals surface area contributed by atoms with Gasteiger partial charge in [-0.25, -0.2) is 31.6 Å². The molecule has 10 nitrogen and oxygen atoms in total. The summed E-state index contributed by atoms with van der Waals surface area (Å²) in [5.74, 6) is -5.04. The van der Waals surface area contributed by atoms with Crippen molar-refractivity contribution < 1.29 is 45.1 Å². The molecule has 0 radical (unpaired) electrons. The third-order valence-electron chi connectivity index (χ3n) is 7.31. The second-order valence-electron chi connectivity index (χ2n) is 10.3. The van der Waals surface area contributed by atoms with Crippen molar-refractivity contribution in [3.05, 3.63) is 41.5 Å². The highest BCUT2D eigenvalue weighted by Crippen LogP contribution is 2.41. The first kappa shape index (κ1) is 32.2. The van der Waals surface area contributed by atoms with Crippen LogP contribution in [0, 0.1) is 5.92 Å². The lowest BCUT2D eigenvalue weighted by Crippen LogP contribution is -2.39. The van der Waals surface area contributed by atoms with E-state index in [-0.39, 0.29) is 30.9 Å². The lowest BCUT2D eigenvalue weighted by Gasteiger charge is -2.33. The van der Waals surface area contributed by atoms with Gasteiger partial charge in [-0.05, 0) is 43.4 Å². The molecular formula is C26H30F7N7O3. The summed E-state index contributed by atoms with van der Waals surface area (Å²) in [7, 11) is 0. The van der Waals surface area contributed by atoms with E-state index in [9.17, 15) is 40.3 Å². The van der Waals surface area contributed by atoms with Gasteiger partial charge >= 0.3 is 6.61 Å². The van der Waals surface area contributed by atoms with Crippen molar-refractivity contribution >= 4 is 22.8 Å². The van der Waals surface area contributed by atoms with Crippen LogP contribution >= 0.6 is 0 Å². The highest BCUT2D eigenvalue weighted by atomic mass is 19.3. The van der Waals surface area contributed by atoms with Crippen LogP contribution in [0.3, 0.4) is 0 Å². The molecule has 1 aromatic carbocycles. The molecule has 1 aliphatic rings. The molecule has 17 heteroatoms. The molecule has 2 unspecified atom stereocenters. The number of hydrogen-bond acceptors (Lipinski definition) is 6. The lowest BCUT2D eigenvalue weighted by atomic mass is 9.81. The van der Waals surface area contributed by atoms with E-state index in [2.05, 4.69) is 35.7 Å². The van der Waals surface area contributed by atoms with Gasteiger partial charge in [0.05, 0.1) is 42.5 Å². The number of alkyl halides is 7. The van der Waals surface area contributed by atoms with E-state index >= 15 is 0 Å². The standard InChI is InChI=1S/C26H30F7N7O3/c1-13(35-24(42)20(29)16(28)11-27)15-2-3-17-18(10-15)37-22(36-17)21(14-4-6-26(32,33)7-5-14)38-23(41)19-12-34-39-40(19)8-9-43-25(30)31/h2-3,10,12-14,16,20-21,25H,4-9,11H2,1H3,(H,35,42)(H,36,37)(H,38,41)/t13-,16?,20?,21+/m1/s1. The van der Waals surface area contributed by atoms with Gasteiger partial charge in [-0.1, -0.05) is 11.3 Å². The zero-order valence-corrected chi connectivity index (χ0v) is 22.9. The van der Waals surface area contributed by atoms with Crippen LogP contribution in [0.4, 0.5) is 30.7 Å². The fourth-order valence-corrected chi connectivity index (χ4v) is 4.93. The van der Waals surface area contributed by atoms with Crippen molar-refractivity contribution in [2.75, 3.05) is 13.3 Å². The van der Waals surface area contributed by atoms with Crippen molar-refractivity contribution in [1.29, 1.82) is 0 Å². The maximum atomic E-state index is 14.0. The first-order valence-corrected chi connectivity index (χ1v) is 13.5. The minimum atomic E-state index is -3.01. The molecule has 43 heavy (non-hydrogen) atoms.